The summed E-state index contributed by atoms with van der Waals surface area (Å²) >= 11 is 0. The highest BCUT2D eigenvalue weighted by Crippen LogP contribution is 2.19. The van der Waals surface area contributed by atoms with Gasteiger partial charge in [0.25, 0.3) is 0 Å². The van der Waals surface area contributed by atoms with E-state index in [1.807, 2.05) is 19.2 Å². The summed E-state index contributed by atoms with van der Waals surface area (Å²) in [5.41, 5.74) is 1.36. The molecule has 1 aromatic rings. The normalized spacial score (nSPS) is 18.0. The van der Waals surface area contributed by atoms with E-state index in [2.05, 4.69) is 53.4 Å². The fourth-order valence-corrected chi connectivity index (χ4v) is 3.16. The van der Waals surface area contributed by atoms with Gasteiger partial charge in [-0.25, -0.2) is 0 Å². The van der Waals surface area contributed by atoms with Gasteiger partial charge >= 0.3 is 0 Å². The number of hydrogen-bond donors (Lipinski definition) is 2. The van der Waals surface area contributed by atoms with Gasteiger partial charge in [-0.05, 0) is 62.4 Å². The fourth-order valence-electron chi connectivity index (χ4n) is 3.16. The molecule has 26 heavy (non-hydrogen) atoms. The molecule has 1 heterocycles. The molecule has 0 amide bonds. The third-order valence-corrected chi connectivity index (χ3v) is 5.42. The summed E-state index contributed by atoms with van der Waals surface area (Å²) in [6, 6.07) is 8.84. The van der Waals surface area contributed by atoms with Crippen LogP contribution in [0.3, 0.4) is 0 Å². The molecular weight excluding hydrogens is 324 g/mol. The van der Waals surface area contributed by atoms with Crippen molar-refractivity contribution in [2.45, 2.75) is 46.2 Å². The lowest BCUT2D eigenvalue weighted by atomic mass is 9.96. The van der Waals surface area contributed by atoms with Gasteiger partial charge in [-0.15, -0.1) is 0 Å². The van der Waals surface area contributed by atoms with Gasteiger partial charge in [-0.3, -0.25) is 9.89 Å². The van der Waals surface area contributed by atoms with E-state index < -0.39 is 0 Å². The molecule has 0 saturated carbocycles. The summed E-state index contributed by atoms with van der Waals surface area (Å²) in [4.78, 5) is 6.90. The summed E-state index contributed by atoms with van der Waals surface area (Å²) < 4.78 is 5.23. The SMILES string of the molecule is CN=C(NCC1CCN(Cc2ccc(OC)cc2)CC1)NC(C)C(C)C. The summed E-state index contributed by atoms with van der Waals surface area (Å²) in [6.07, 6.45) is 2.47. The molecule has 5 nitrogen and oxygen atoms in total. The Kier molecular flexibility index (Phi) is 8.23. The molecule has 0 radical (unpaired) electrons. The Morgan fingerprint density at radius 3 is 2.38 bits per heavy atom. The van der Waals surface area contributed by atoms with E-state index >= 15 is 0 Å². The van der Waals surface area contributed by atoms with Gasteiger partial charge in [0.1, 0.15) is 5.75 Å². The predicted octanol–water partition coefficient (Wildman–Crippen LogP) is 3.12. The number of nitrogens with zero attached hydrogens (tertiary/aromatic N) is 2. The molecule has 2 N–H and O–H groups in total. The standard InChI is InChI=1S/C21H36N4O/c1-16(2)17(3)24-21(22-4)23-14-18-10-12-25(13-11-18)15-19-6-8-20(26-5)9-7-19/h6-9,16-18H,10-15H2,1-5H3,(H2,22,23,24). The Bertz CT molecular complexity index is 548. The molecule has 1 aromatic carbocycles. The maximum Gasteiger partial charge on any atom is 0.191 e. The van der Waals surface area contributed by atoms with Crippen molar-refractivity contribution in [3.63, 3.8) is 0 Å². The van der Waals surface area contributed by atoms with Crippen molar-refractivity contribution in [2.75, 3.05) is 33.8 Å². The molecular formula is C21H36N4O. The van der Waals surface area contributed by atoms with Gasteiger partial charge in [0.15, 0.2) is 5.96 Å². The zero-order chi connectivity index (χ0) is 18.9. The van der Waals surface area contributed by atoms with Crippen LogP contribution in [-0.2, 0) is 6.54 Å². The molecule has 146 valence electrons. The summed E-state index contributed by atoms with van der Waals surface area (Å²) in [6.45, 7) is 11.0. The van der Waals surface area contributed by atoms with E-state index in [-0.39, 0.29) is 0 Å². The maximum atomic E-state index is 5.23. The van der Waals surface area contributed by atoms with Crippen molar-refractivity contribution in [1.82, 2.24) is 15.5 Å². The molecule has 5 heteroatoms. The fraction of sp³-hybridized carbons (Fsp3) is 0.667. The average Bonchev–Trinajstić information content (AvgIpc) is 2.66. The number of hydrogen-bond acceptors (Lipinski definition) is 3. The first-order chi connectivity index (χ1) is 12.5. The minimum atomic E-state index is 0.424. The smallest absolute Gasteiger partial charge is 0.191 e. The van der Waals surface area contributed by atoms with Gasteiger partial charge < -0.3 is 15.4 Å². The Morgan fingerprint density at radius 1 is 1.19 bits per heavy atom. The van der Waals surface area contributed by atoms with Crippen LogP contribution >= 0.6 is 0 Å². The summed E-state index contributed by atoms with van der Waals surface area (Å²) in [5, 5.41) is 6.98. The minimum absolute atomic E-state index is 0.424. The Labute approximate surface area is 159 Å². The second kappa shape index (κ2) is 10.4. The zero-order valence-corrected chi connectivity index (χ0v) is 17.1. The number of ether oxygens (including phenoxy) is 1. The third-order valence-electron chi connectivity index (χ3n) is 5.42. The van der Waals surface area contributed by atoms with E-state index in [1.54, 1.807) is 7.11 Å². The van der Waals surface area contributed by atoms with Crippen LogP contribution in [0.1, 0.15) is 39.2 Å². The van der Waals surface area contributed by atoms with Crippen LogP contribution in [0.5, 0.6) is 5.75 Å². The number of methoxy groups -OCH3 is 1. The second-order valence-corrected chi connectivity index (χ2v) is 7.70. The van der Waals surface area contributed by atoms with Gasteiger partial charge in [0, 0.05) is 26.2 Å². The van der Waals surface area contributed by atoms with Crippen molar-refractivity contribution in [3.05, 3.63) is 29.8 Å². The monoisotopic (exact) mass is 360 g/mol. The number of piperidine rings is 1. The molecule has 1 aliphatic heterocycles. The Hall–Kier alpha value is -1.75. The molecule has 0 aromatic heterocycles. The topological polar surface area (TPSA) is 48.9 Å². The van der Waals surface area contributed by atoms with Crippen LogP contribution in [0.15, 0.2) is 29.3 Å². The highest BCUT2D eigenvalue weighted by Gasteiger charge is 2.20. The number of aliphatic imine (C=N–C) groups is 1. The first kappa shape index (κ1) is 20.6. The molecule has 1 saturated heterocycles. The Balaban J connectivity index is 1.70. The van der Waals surface area contributed by atoms with E-state index in [0.717, 1.165) is 43.8 Å². The minimum Gasteiger partial charge on any atom is -0.497 e. The molecule has 0 spiro atoms. The van der Waals surface area contributed by atoms with Crippen LogP contribution in [0.4, 0.5) is 0 Å². The van der Waals surface area contributed by atoms with Crippen LogP contribution in [0, 0.1) is 11.8 Å². The van der Waals surface area contributed by atoms with E-state index in [1.165, 1.54) is 18.4 Å². The molecule has 0 bridgehead atoms. The number of guanidine groups is 1. The van der Waals surface area contributed by atoms with Gasteiger partial charge in [-0.1, -0.05) is 26.0 Å². The van der Waals surface area contributed by atoms with Crippen molar-refractivity contribution in [2.24, 2.45) is 16.8 Å². The lowest BCUT2D eigenvalue weighted by molar-refractivity contribution is 0.178. The zero-order valence-electron chi connectivity index (χ0n) is 17.1. The van der Waals surface area contributed by atoms with Crippen molar-refractivity contribution in [3.8, 4) is 5.75 Å². The van der Waals surface area contributed by atoms with Gasteiger partial charge in [-0.2, -0.15) is 0 Å². The number of rotatable bonds is 7. The van der Waals surface area contributed by atoms with Gasteiger partial charge in [0.05, 0.1) is 7.11 Å². The highest BCUT2D eigenvalue weighted by atomic mass is 16.5. The molecule has 1 unspecified atom stereocenters. The molecule has 2 rings (SSSR count). The maximum absolute atomic E-state index is 5.23. The van der Waals surface area contributed by atoms with Crippen molar-refractivity contribution in [1.29, 1.82) is 0 Å². The summed E-state index contributed by atoms with van der Waals surface area (Å²) in [7, 11) is 3.56. The number of benzene rings is 1. The molecule has 1 fully saturated rings. The highest BCUT2D eigenvalue weighted by molar-refractivity contribution is 5.79. The van der Waals surface area contributed by atoms with Crippen molar-refractivity contribution >= 4 is 5.96 Å². The van der Waals surface area contributed by atoms with E-state index in [9.17, 15) is 0 Å². The first-order valence-electron chi connectivity index (χ1n) is 9.84. The number of nitrogens with one attached hydrogen (secondary N) is 2. The summed E-state index contributed by atoms with van der Waals surface area (Å²) in [5.74, 6) is 3.16. The van der Waals surface area contributed by atoms with Crippen LogP contribution in [0.25, 0.3) is 0 Å². The van der Waals surface area contributed by atoms with E-state index in [0.29, 0.717) is 12.0 Å². The van der Waals surface area contributed by atoms with Crippen LogP contribution in [0.2, 0.25) is 0 Å². The van der Waals surface area contributed by atoms with Gasteiger partial charge in [0.2, 0.25) is 0 Å². The largest absolute Gasteiger partial charge is 0.497 e. The molecule has 0 aliphatic carbocycles. The third kappa shape index (κ3) is 6.52. The Morgan fingerprint density at radius 2 is 1.85 bits per heavy atom. The van der Waals surface area contributed by atoms with Crippen LogP contribution < -0.4 is 15.4 Å². The second-order valence-electron chi connectivity index (χ2n) is 7.70. The lowest BCUT2D eigenvalue weighted by Crippen LogP contribution is -2.46. The van der Waals surface area contributed by atoms with Crippen molar-refractivity contribution < 1.29 is 4.74 Å². The molecule has 1 atom stereocenters. The molecule has 1 aliphatic rings. The number of likely N-dealkylation sites (tertiary alicyclic amines) is 1. The quantitative estimate of drug-likeness (QED) is 0.579. The predicted molar refractivity (Wildman–Crippen MR) is 110 cm³/mol. The first-order valence-corrected chi connectivity index (χ1v) is 9.84. The lowest BCUT2D eigenvalue weighted by Gasteiger charge is -2.32. The van der Waals surface area contributed by atoms with E-state index in [4.69, 9.17) is 4.74 Å². The van der Waals surface area contributed by atoms with Crippen LogP contribution in [-0.4, -0.2) is 50.7 Å². The average molecular weight is 361 g/mol.